The van der Waals surface area contributed by atoms with Crippen molar-refractivity contribution in [3.05, 3.63) is 0 Å². The number of hydrogen-bond acceptors (Lipinski definition) is 3. The van der Waals surface area contributed by atoms with Crippen molar-refractivity contribution in [3.8, 4) is 0 Å². The van der Waals surface area contributed by atoms with Gasteiger partial charge in [-0.15, -0.1) is 0 Å². The van der Waals surface area contributed by atoms with Crippen LogP contribution in [0.15, 0.2) is 0 Å². The Hall–Kier alpha value is -0.570. The fourth-order valence-electron chi connectivity index (χ4n) is 2.67. The van der Waals surface area contributed by atoms with E-state index in [2.05, 4.69) is 18.7 Å². The van der Waals surface area contributed by atoms with Gasteiger partial charge >= 0.3 is 5.97 Å². The van der Waals surface area contributed by atoms with E-state index in [0.29, 0.717) is 12.5 Å². The van der Waals surface area contributed by atoms with E-state index in [0.717, 1.165) is 32.5 Å². The molecular formula is C11H19NO2. The summed E-state index contributed by atoms with van der Waals surface area (Å²) in [6.07, 6.45) is 1.97. The first-order chi connectivity index (χ1) is 6.69. The van der Waals surface area contributed by atoms with Crippen LogP contribution in [0.25, 0.3) is 0 Å². The van der Waals surface area contributed by atoms with Gasteiger partial charge in [-0.05, 0) is 32.5 Å². The van der Waals surface area contributed by atoms with E-state index >= 15 is 0 Å². The van der Waals surface area contributed by atoms with Crippen molar-refractivity contribution in [2.45, 2.75) is 26.7 Å². The SMILES string of the molecule is CCN1CCC2(CC1)C(=O)OCC2C. The Balaban J connectivity index is 2.07. The molecule has 0 saturated carbocycles. The van der Waals surface area contributed by atoms with E-state index in [4.69, 9.17) is 4.74 Å². The third kappa shape index (κ3) is 1.34. The molecule has 0 bridgehead atoms. The molecule has 0 radical (unpaired) electrons. The number of carbonyl (C=O) groups is 1. The van der Waals surface area contributed by atoms with Crippen LogP contribution in [0.2, 0.25) is 0 Å². The summed E-state index contributed by atoms with van der Waals surface area (Å²) >= 11 is 0. The molecule has 1 atom stereocenters. The quantitative estimate of drug-likeness (QED) is 0.593. The summed E-state index contributed by atoms with van der Waals surface area (Å²) in [5.74, 6) is 0.467. The minimum atomic E-state index is -0.133. The molecule has 0 aromatic heterocycles. The zero-order valence-corrected chi connectivity index (χ0v) is 9.08. The predicted octanol–water partition coefficient (Wildman–Crippen LogP) is 1.28. The molecule has 0 aromatic rings. The van der Waals surface area contributed by atoms with Crippen molar-refractivity contribution < 1.29 is 9.53 Å². The highest BCUT2D eigenvalue weighted by molar-refractivity contribution is 5.79. The van der Waals surface area contributed by atoms with E-state index in [-0.39, 0.29) is 11.4 Å². The lowest BCUT2D eigenvalue weighted by Gasteiger charge is -2.38. The topological polar surface area (TPSA) is 29.5 Å². The van der Waals surface area contributed by atoms with Crippen molar-refractivity contribution in [1.82, 2.24) is 4.90 Å². The monoisotopic (exact) mass is 197 g/mol. The molecule has 0 aromatic carbocycles. The standard InChI is InChI=1S/C11H19NO2/c1-3-12-6-4-11(5-7-12)9(2)8-14-10(11)13/h9H,3-8H2,1-2H3. The van der Waals surface area contributed by atoms with Crippen molar-refractivity contribution >= 4 is 5.97 Å². The van der Waals surface area contributed by atoms with Crippen molar-refractivity contribution in [1.29, 1.82) is 0 Å². The number of piperidine rings is 1. The van der Waals surface area contributed by atoms with Gasteiger partial charge in [0, 0.05) is 5.92 Å². The largest absolute Gasteiger partial charge is 0.465 e. The van der Waals surface area contributed by atoms with E-state index in [1.54, 1.807) is 0 Å². The highest BCUT2D eigenvalue weighted by Crippen LogP contribution is 2.44. The van der Waals surface area contributed by atoms with Crippen LogP contribution in [-0.2, 0) is 9.53 Å². The molecular weight excluding hydrogens is 178 g/mol. The number of rotatable bonds is 1. The van der Waals surface area contributed by atoms with Crippen LogP contribution in [0.4, 0.5) is 0 Å². The van der Waals surface area contributed by atoms with E-state index in [9.17, 15) is 4.79 Å². The number of likely N-dealkylation sites (tertiary alicyclic amines) is 1. The maximum atomic E-state index is 11.7. The Morgan fingerprint density at radius 2 is 2.14 bits per heavy atom. The number of nitrogens with zero attached hydrogens (tertiary/aromatic N) is 1. The predicted molar refractivity (Wildman–Crippen MR) is 53.9 cm³/mol. The Bertz CT molecular complexity index is 231. The molecule has 2 fully saturated rings. The number of carbonyl (C=O) groups excluding carboxylic acids is 1. The van der Waals surface area contributed by atoms with Gasteiger partial charge in [-0.25, -0.2) is 0 Å². The summed E-state index contributed by atoms with van der Waals surface area (Å²) in [5, 5.41) is 0. The summed E-state index contributed by atoms with van der Waals surface area (Å²) in [5.41, 5.74) is -0.133. The zero-order valence-electron chi connectivity index (χ0n) is 9.08. The molecule has 2 aliphatic heterocycles. The van der Waals surface area contributed by atoms with Gasteiger partial charge in [-0.3, -0.25) is 4.79 Å². The van der Waals surface area contributed by atoms with Crippen molar-refractivity contribution in [2.75, 3.05) is 26.2 Å². The van der Waals surface area contributed by atoms with Gasteiger partial charge < -0.3 is 9.64 Å². The van der Waals surface area contributed by atoms with E-state index in [1.165, 1.54) is 0 Å². The van der Waals surface area contributed by atoms with Gasteiger partial charge in [0.15, 0.2) is 0 Å². The lowest BCUT2D eigenvalue weighted by Crippen LogP contribution is -2.44. The lowest BCUT2D eigenvalue weighted by atomic mass is 9.71. The fourth-order valence-corrected chi connectivity index (χ4v) is 2.67. The average Bonchev–Trinajstić information content (AvgIpc) is 2.49. The van der Waals surface area contributed by atoms with Crippen molar-refractivity contribution in [3.63, 3.8) is 0 Å². The Morgan fingerprint density at radius 1 is 1.50 bits per heavy atom. The van der Waals surface area contributed by atoms with Crippen LogP contribution in [0.5, 0.6) is 0 Å². The second-order valence-corrected chi connectivity index (χ2v) is 4.59. The normalized spacial score (nSPS) is 32.1. The van der Waals surface area contributed by atoms with E-state index in [1.807, 2.05) is 0 Å². The molecule has 2 saturated heterocycles. The smallest absolute Gasteiger partial charge is 0.312 e. The van der Waals surface area contributed by atoms with Crippen LogP contribution in [0.1, 0.15) is 26.7 Å². The molecule has 2 rings (SSSR count). The molecule has 2 heterocycles. The molecule has 0 amide bonds. The minimum Gasteiger partial charge on any atom is -0.465 e. The number of ether oxygens (including phenoxy) is 1. The highest BCUT2D eigenvalue weighted by atomic mass is 16.5. The van der Waals surface area contributed by atoms with Gasteiger partial charge in [-0.2, -0.15) is 0 Å². The first-order valence-corrected chi connectivity index (χ1v) is 5.58. The molecule has 3 nitrogen and oxygen atoms in total. The van der Waals surface area contributed by atoms with Gasteiger partial charge in [0.05, 0.1) is 12.0 Å². The van der Waals surface area contributed by atoms with Crippen LogP contribution < -0.4 is 0 Å². The number of cyclic esters (lactones) is 1. The van der Waals surface area contributed by atoms with Crippen LogP contribution in [0, 0.1) is 11.3 Å². The van der Waals surface area contributed by atoms with E-state index < -0.39 is 0 Å². The van der Waals surface area contributed by atoms with Gasteiger partial charge in [0.1, 0.15) is 0 Å². The summed E-state index contributed by atoms with van der Waals surface area (Å²) in [6.45, 7) is 8.15. The Morgan fingerprint density at radius 3 is 2.57 bits per heavy atom. The van der Waals surface area contributed by atoms with Crippen LogP contribution in [-0.4, -0.2) is 37.1 Å². The molecule has 1 spiro atoms. The van der Waals surface area contributed by atoms with Gasteiger partial charge in [0.25, 0.3) is 0 Å². The first-order valence-electron chi connectivity index (χ1n) is 5.58. The minimum absolute atomic E-state index is 0.0563. The maximum Gasteiger partial charge on any atom is 0.312 e. The summed E-state index contributed by atoms with van der Waals surface area (Å²) in [7, 11) is 0. The number of hydrogen-bond donors (Lipinski definition) is 0. The average molecular weight is 197 g/mol. The van der Waals surface area contributed by atoms with Crippen molar-refractivity contribution in [2.24, 2.45) is 11.3 Å². The summed E-state index contributed by atoms with van der Waals surface area (Å²) in [4.78, 5) is 14.1. The van der Waals surface area contributed by atoms with Crippen LogP contribution >= 0.6 is 0 Å². The molecule has 0 N–H and O–H groups in total. The second kappa shape index (κ2) is 3.54. The molecule has 80 valence electrons. The number of esters is 1. The lowest BCUT2D eigenvalue weighted by molar-refractivity contribution is -0.148. The summed E-state index contributed by atoms with van der Waals surface area (Å²) < 4.78 is 5.17. The third-order valence-electron chi connectivity index (χ3n) is 4.01. The van der Waals surface area contributed by atoms with Gasteiger partial charge in [-0.1, -0.05) is 13.8 Å². The van der Waals surface area contributed by atoms with Crippen LogP contribution in [0.3, 0.4) is 0 Å². The van der Waals surface area contributed by atoms with Gasteiger partial charge in [0.2, 0.25) is 0 Å². The maximum absolute atomic E-state index is 11.7. The Labute approximate surface area is 85.4 Å². The zero-order chi connectivity index (χ0) is 10.2. The Kier molecular flexibility index (Phi) is 2.52. The third-order valence-corrected chi connectivity index (χ3v) is 4.01. The highest BCUT2D eigenvalue weighted by Gasteiger charge is 2.51. The second-order valence-electron chi connectivity index (χ2n) is 4.59. The molecule has 3 heteroatoms. The first kappa shape index (κ1) is 9.97. The summed E-state index contributed by atoms with van der Waals surface area (Å²) in [6, 6.07) is 0. The molecule has 0 aliphatic carbocycles. The molecule has 14 heavy (non-hydrogen) atoms. The molecule has 2 aliphatic rings. The fraction of sp³-hybridized carbons (Fsp3) is 0.909. The molecule has 1 unspecified atom stereocenters.